The molecule has 1 aromatic rings. The maximum absolute atomic E-state index is 12.5. The Labute approximate surface area is 123 Å². The third-order valence-electron chi connectivity index (χ3n) is 4.66. The first-order chi connectivity index (χ1) is 9.81. The standard InChI is InChI=1S/C15H20N2O2S/c18-15(12-3-6-20-10-12)17-8-13-14(9-17)19-5-4-16(13)7-11-1-2-11/h3,6,10-11,13-14H,1-2,4-5,7-9H2/t13-,14+/m1/s1. The smallest absolute Gasteiger partial charge is 0.254 e. The van der Waals surface area contributed by atoms with Crippen molar-refractivity contribution in [3.63, 3.8) is 0 Å². The van der Waals surface area contributed by atoms with E-state index in [1.54, 1.807) is 11.3 Å². The molecule has 0 N–H and O–H groups in total. The van der Waals surface area contributed by atoms with Gasteiger partial charge in [0.1, 0.15) is 0 Å². The van der Waals surface area contributed by atoms with Gasteiger partial charge in [-0.05, 0) is 30.2 Å². The number of carbonyl (C=O) groups is 1. The second-order valence-electron chi connectivity index (χ2n) is 6.14. The molecule has 2 atom stereocenters. The number of hydrogen-bond acceptors (Lipinski definition) is 4. The van der Waals surface area contributed by atoms with Crippen LogP contribution in [0.25, 0.3) is 0 Å². The number of ether oxygens (including phenoxy) is 1. The molecular formula is C15H20N2O2S. The van der Waals surface area contributed by atoms with E-state index >= 15 is 0 Å². The zero-order valence-electron chi connectivity index (χ0n) is 11.5. The third kappa shape index (κ3) is 2.38. The van der Waals surface area contributed by atoms with Crippen LogP contribution in [0.3, 0.4) is 0 Å². The molecule has 1 aliphatic carbocycles. The monoisotopic (exact) mass is 292 g/mol. The van der Waals surface area contributed by atoms with Gasteiger partial charge < -0.3 is 9.64 Å². The number of carbonyl (C=O) groups excluding carboxylic acids is 1. The number of rotatable bonds is 3. The summed E-state index contributed by atoms with van der Waals surface area (Å²) in [6.07, 6.45) is 2.98. The Morgan fingerprint density at radius 1 is 1.40 bits per heavy atom. The van der Waals surface area contributed by atoms with Crippen molar-refractivity contribution in [2.75, 3.05) is 32.8 Å². The predicted octanol–water partition coefficient (Wildman–Crippen LogP) is 1.68. The van der Waals surface area contributed by atoms with E-state index in [2.05, 4.69) is 4.90 Å². The van der Waals surface area contributed by atoms with E-state index in [1.165, 1.54) is 19.4 Å². The zero-order chi connectivity index (χ0) is 13.5. The summed E-state index contributed by atoms with van der Waals surface area (Å²) in [6.45, 7) is 4.62. The lowest BCUT2D eigenvalue weighted by Crippen LogP contribution is -2.51. The highest BCUT2D eigenvalue weighted by Crippen LogP contribution is 2.33. The zero-order valence-corrected chi connectivity index (χ0v) is 12.3. The van der Waals surface area contributed by atoms with Crippen molar-refractivity contribution >= 4 is 17.2 Å². The van der Waals surface area contributed by atoms with Crippen LogP contribution in [-0.4, -0.2) is 60.6 Å². The molecule has 0 spiro atoms. The Hall–Kier alpha value is -0.910. The largest absolute Gasteiger partial charge is 0.373 e. The van der Waals surface area contributed by atoms with E-state index in [0.717, 1.165) is 37.7 Å². The molecule has 1 saturated carbocycles. The van der Waals surface area contributed by atoms with Gasteiger partial charge in [0.25, 0.3) is 5.91 Å². The van der Waals surface area contributed by atoms with E-state index in [0.29, 0.717) is 6.04 Å². The van der Waals surface area contributed by atoms with Crippen LogP contribution in [0, 0.1) is 5.92 Å². The van der Waals surface area contributed by atoms with Crippen molar-refractivity contribution in [1.29, 1.82) is 0 Å². The minimum Gasteiger partial charge on any atom is -0.373 e. The summed E-state index contributed by atoms with van der Waals surface area (Å²) in [5.74, 6) is 1.06. The average Bonchev–Trinajstić information content (AvgIpc) is 2.97. The van der Waals surface area contributed by atoms with Crippen molar-refractivity contribution in [3.8, 4) is 0 Å². The normalized spacial score (nSPS) is 30.5. The third-order valence-corrected chi connectivity index (χ3v) is 5.34. The van der Waals surface area contributed by atoms with Gasteiger partial charge in [-0.1, -0.05) is 0 Å². The molecule has 3 aliphatic rings. The Bertz CT molecular complexity index is 486. The Morgan fingerprint density at radius 2 is 2.30 bits per heavy atom. The number of thiophene rings is 1. The lowest BCUT2D eigenvalue weighted by molar-refractivity contribution is -0.0484. The van der Waals surface area contributed by atoms with E-state index in [1.807, 2.05) is 21.7 Å². The summed E-state index contributed by atoms with van der Waals surface area (Å²) in [7, 11) is 0. The molecule has 0 unspecified atom stereocenters. The maximum atomic E-state index is 12.5. The van der Waals surface area contributed by atoms with E-state index in [-0.39, 0.29) is 12.0 Å². The van der Waals surface area contributed by atoms with Gasteiger partial charge in [0.05, 0.1) is 24.3 Å². The van der Waals surface area contributed by atoms with Crippen molar-refractivity contribution in [2.24, 2.45) is 5.92 Å². The summed E-state index contributed by atoms with van der Waals surface area (Å²) >= 11 is 1.58. The second kappa shape index (κ2) is 5.13. The van der Waals surface area contributed by atoms with Gasteiger partial charge in [0.2, 0.25) is 0 Å². The van der Waals surface area contributed by atoms with E-state index < -0.39 is 0 Å². The van der Waals surface area contributed by atoms with Gasteiger partial charge in [-0.15, -0.1) is 0 Å². The highest BCUT2D eigenvalue weighted by molar-refractivity contribution is 7.08. The van der Waals surface area contributed by atoms with Gasteiger partial charge in [-0.25, -0.2) is 0 Å². The van der Waals surface area contributed by atoms with Gasteiger partial charge in [0, 0.05) is 31.6 Å². The summed E-state index contributed by atoms with van der Waals surface area (Å²) in [5, 5.41) is 3.90. The number of amides is 1. The molecule has 1 amide bonds. The first-order valence-electron chi connectivity index (χ1n) is 7.48. The number of morpholine rings is 1. The molecular weight excluding hydrogens is 272 g/mol. The van der Waals surface area contributed by atoms with E-state index in [4.69, 9.17) is 4.74 Å². The van der Waals surface area contributed by atoms with E-state index in [9.17, 15) is 4.79 Å². The Morgan fingerprint density at radius 3 is 3.05 bits per heavy atom. The molecule has 5 heteroatoms. The fraction of sp³-hybridized carbons (Fsp3) is 0.667. The number of likely N-dealkylation sites (tertiary alicyclic amines) is 1. The summed E-state index contributed by atoms with van der Waals surface area (Å²) in [4.78, 5) is 17.0. The van der Waals surface area contributed by atoms with Crippen molar-refractivity contribution in [1.82, 2.24) is 9.80 Å². The number of nitrogens with zero attached hydrogens (tertiary/aromatic N) is 2. The topological polar surface area (TPSA) is 32.8 Å². The molecule has 3 heterocycles. The minimum atomic E-state index is 0.163. The van der Waals surface area contributed by atoms with Crippen LogP contribution in [0.15, 0.2) is 16.8 Å². The molecule has 0 bridgehead atoms. The van der Waals surface area contributed by atoms with Gasteiger partial charge in [-0.3, -0.25) is 9.69 Å². The fourth-order valence-corrected chi connectivity index (χ4v) is 3.98. The SMILES string of the molecule is O=C(c1ccsc1)N1C[C@@H]2OCCN(CC3CC3)[C@@H]2C1. The van der Waals surface area contributed by atoms with Crippen LogP contribution < -0.4 is 0 Å². The minimum absolute atomic E-state index is 0.163. The molecule has 108 valence electrons. The fourth-order valence-electron chi connectivity index (χ4n) is 3.35. The van der Waals surface area contributed by atoms with Crippen LogP contribution in [0.5, 0.6) is 0 Å². The van der Waals surface area contributed by atoms with Crippen LogP contribution in [0.1, 0.15) is 23.2 Å². The second-order valence-corrected chi connectivity index (χ2v) is 6.92. The van der Waals surface area contributed by atoms with Crippen LogP contribution >= 0.6 is 11.3 Å². The Balaban J connectivity index is 1.45. The molecule has 2 saturated heterocycles. The molecule has 4 nitrogen and oxygen atoms in total. The maximum Gasteiger partial charge on any atom is 0.254 e. The van der Waals surface area contributed by atoms with Crippen LogP contribution in [0.4, 0.5) is 0 Å². The number of fused-ring (bicyclic) bond motifs is 1. The molecule has 0 aromatic carbocycles. The lowest BCUT2D eigenvalue weighted by Gasteiger charge is -2.36. The van der Waals surface area contributed by atoms with Gasteiger partial charge in [0.15, 0.2) is 0 Å². The molecule has 2 aliphatic heterocycles. The van der Waals surface area contributed by atoms with Crippen molar-refractivity contribution in [3.05, 3.63) is 22.4 Å². The summed E-state index contributed by atoms with van der Waals surface area (Å²) in [5.41, 5.74) is 0.822. The quantitative estimate of drug-likeness (QED) is 0.850. The van der Waals surface area contributed by atoms with Gasteiger partial charge >= 0.3 is 0 Å². The highest BCUT2D eigenvalue weighted by Gasteiger charge is 2.43. The first-order valence-corrected chi connectivity index (χ1v) is 8.42. The first kappa shape index (κ1) is 12.8. The summed E-state index contributed by atoms with van der Waals surface area (Å²) in [6, 6.07) is 2.32. The molecule has 1 aromatic heterocycles. The Kier molecular flexibility index (Phi) is 3.28. The average molecular weight is 292 g/mol. The highest BCUT2D eigenvalue weighted by atomic mass is 32.1. The molecule has 20 heavy (non-hydrogen) atoms. The molecule has 3 fully saturated rings. The predicted molar refractivity (Wildman–Crippen MR) is 78.0 cm³/mol. The molecule has 4 rings (SSSR count). The lowest BCUT2D eigenvalue weighted by atomic mass is 10.1. The van der Waals surface area contributed by atoms with Crippen LogP contribution in [-0.2, 0) is 4.74 Å². The molecule has 0 radical (unpaired) electrons. The van der Waals surface area contributed by atoms with Crippen LogP contribution in [0.2, 0.25) is 0 Å². The summed E-state index contributed by atoms with van der Waals surface area (Å²) < 4.78 is 5.90. The van der Waals surface area contributed by atoms with Crippen molar-refractivity contribution in [2.45, 2.75) is 25.0 Å². The van der Waals surface area contributed by atoms with Crippen molar-refractivity contribution < 1.29 is 9.53 Å². The number of hydrogen-bond donors (Lipinski definition) is 0. The van der Waals surface area contributed by atoms with Gasteiger partial charge in [-0.2, -0.15) is 11.3 Å².